The number of hydrogen-bond acceptors (Lipinski definition) is 8. The third-order valence-corrected chi connectivity index (χ3v) is 8.70. The zero-order valence-corrected chi connectivity index (χ0v) is 27.2. The van der Waals surface area contributed by atoms with Gasteiger partial charge in [-0.1, -0.05) is 53.5 Å². The number of benzene rings is 3. The van der Waals surface area contributed by atoms with Crippen molar-refractivity contribution in [2.75, 3.05) is 19.6 Å². The number of aromatic nitrogens is 1. The lowest BCUT2D eigenvalue weighted by atomic mass is 9.96. The molecule has 1 aliphatic rings. The first-order valence-electron chi connectivity index (χ1n) is 15.1. The molecular formula is C36H35Cl2N3O5. The largest absolute Gasteiger partial charge is 0.489 e. The number of ether oxygens (including phenoxy) is 3. The molecule has 0 radical (unpaired) electrons. The first-order chi connectivity index (χ1) is 22.2. The van der Waals surface area contributed by atoms with E-state index in [-0.39, 0.29) is 36.0 Å². The highest BCUT2D eigenvalue weighted by Gasteiger charge is 2.21. The minimum absolute atomic E-state index is 0.0464. The van der Waals surface area contributed by atoms with Crippen molar-refractivity contribution in [3.8, 4) is 34.4 Å². The van der Waals surface area contributed by atoms with E-state index in [1.807, 2.05) is 50.2 Å². The number of halogens is 2. The molecule has 8 nitrogen and oxygen atoms in total. The van der Waals surface area contributed by atoms with Gasteiger partial charge >= 0.3 is 0 Å². The van der Waals surface area contributed by atoms with Gasteiger partial charge in [0.1, 0.15) is 36.5 Å². The Bertz CT molecular complexity index is 1740. The van der Waals surface area contributed by atoms with Crippen LogP contribution in [0.3, 0.4) is 0 Å². The molecule has 0 amide bonds. The van der Waals surface area contributed by atoms with E-state index in [2.05, 4.69) is 16.0 Å². The van der Waals surface area contributed by atoms with Gasteiger partial charge in [0.25, 0.3) is 0 Å². The number of β-amino-alcohol motifs (C(OH)–C–C–N with tert-alkyl or cyclic N) is 1. The predicted octanol–water partition coefficient (Wildman–Crippen LogP) is 7.43. The molecule has 0 spiro atoms. The quantitative estimate of drug-likeness (QED) is 0.148. The van der Waals surface area contributed by atoms with E-state index < -0.39 is 0 Å². The van der Waals surface area contributed by atoms with Gasteiger partial charge in [0.15, 0.2) is 6.29 Å². The number of aliphatic hydroxyl groups excluding tert-OH is 1. The molecule has 0 unspecified atom stereocenters. The minimum atomic E-state index is -0.235. The Kier molecular flexibility index (Phi) is 11.2. The second-order valence-electron chi connectivity index (χ2n) is 11.4. The number of pyridine rings is 1. The molecule has 2 heterocycles. The molecule has 1 N–H and O–H groups in total. The Hall–Kier alpha value is -4.13. The van der Waals surface area contributed by atoms with E-state index in [0.29, 0.717) is 46.2 Å². The fourth-order valence-corrected chi connectivity index (χ4v) is 5.92. The van der Waals surface area contributed by atoms with Crippen molar-refractivity contribution in [1.82, 2.24) is 9.88 Å². The second-order valence-corrected chi connectivity index (χ2v) is 12.2. The van der Waals surface area contributed by atoms with Crippen molar-refractivity contribution in [1.29, 1.82) is 5.26 Å². The van der Waals surface area contributed by atoms with Crippen LogP contribution in [0.2, 0.25) is 10.0 Å². The number of aliphatic hydroxyl groups is 1. The maximum Gasteiger partial charge on any atom is 0.153 e. The van der Waals surface area contributed by atoms with Crippen molar-refractivity contribution in [3.05, 3.63) is 105 Å². The lowest BCUT2D eigenvalue weighted by Crippen LogP contribution is -2.27. The van der Waals surface area contributed by atoms with Crippen LogP contribution in [0.4, 0.5) is 0 Å². The molecule has 0 aliphatic carbocycles. The van der Waals surface area contributed by atoms with Crippen LogP contribution >= 0.6 is 23.2 Å². The van der Waals surface area contributed by atoms with Gasteiger partial charge in [-0.15, -0.1) is 0 Å². The van der Waals surface area contributed by atoms with Crippen molar-refractivity contribution in [3.63, 3.8) is 0 Å². The molecule has 1 saturated heterocycles. The molecule has 1 fully saturated rings. The summed E-state index contributed by atoms with van der Waals surface area (Å²) in [5.41, 5.74) is 5.11. The Morgan fingerprint density at radius 2 is 1.85 bits per heavy atom. The zero-order valence-electron chi connectivity index (χ0n) is 25.7. The van der Waals surface area contributed by atoms with Crippen LogP contribution in [0.25, 0.3) is 11.1 Å². The highest BCUT2D eigenvalue weighted by Crippen LogP contribution is 2.39. The smallest absolute Gasteiger partial charge is 0.153 e. The van der Waals surface area contributed by atoms with Crippen LogP contribution in [0.15, 0.2) is 67.0 Å². The Morgan fingerprint density at radius 3 is 2.61 bits per heavy atom. The molecule has 46 heavy (non-hydrogen) atoms. The number of nitrogens with zero attached hydrogens (tertiary/aromatic N) is 3. The molecule has 0 saturated carbocycles. The van der Waals surface area contributed by atoms with Crippen LogP contribution in [-0.4, -0.2) is 53.1 Å². The van der Waals surface area contributed by atoms with Crippen molar-refractivity contribution in [2.45, 2.75) is 52.1 Å². The van der Waals surface area contributed by atoms with Crippen LogP contribution < -0.4 is 14.2 Å². The average Bonchev–Trinajstić information content (AvgIpc) is 3.49. The SMILES string of the molecule is Cc1c(COc2cc(OCc3cncc(C#N)c3)c(C=O)cc2Cl)cccc1-c1cccc(O[C@@H](C)CCN2CC[C@@H](O)C2)c1Cl. The lowest BCUT2D eigenvalue weighted by molar-refractivity contribution is 0.111. The maximum absolute atomic E-state index is 11.7. The van der Waals surface area contributed by atoms with Gasteiger partial charge < -0.3 is 24.2 Å². The number of aldehydes is 1. The summed E-state index contributed by atoms with van der Waals surface area (Å²) in [4.78, 5) is 18.0. The van der Waals surface area contributed by atoms with E-state index in [9.17, 15) is 9.90 Å². The van der Waals surface area contributed by atoms with Crippen LogP contribution in [-0.2, 0) is 13.2 Å². The summed E-state index contributed by atoms with van der Waals surface area (Å²) in [5, 5.41) is 19.7. The highest BCUT2D eigenvalue weighted by atomic mass is 35.5. The van der Waals surface area contributed by atoms with Gasteiger partial charge in [0.2, 0.25) is 0 Å². The van der Waals surface area contributed by atoms with Crippen LogP contribution in [0.5, 0.6) is 17.2 Å². The number of hydrogen-bond donors (Lipinski definition) is 1. The van der Waals surface area contributed by atoms with E-state index in [1.54, 1.807) is 18.3 Å². The monoisotopic (exact) mass is 659 g/mol. The number of likely N-dealkylation sites (tertiary alicyclic amines) is 1. The highest BCUT2D eigenvalue weighted by molar-refractivity contribution is 6.35. The number of carbonyl (C=O) groups is 1. The van der Waals surface area contributed by atoms with Crippen molar-refractivity contribution < 1.29 is 24.1 Å². The third-order valence-electron chi connectivity index (χ3n) is 8.02. The summed E-state index contributed by atoms with van der Waals surface area (Å²) in [5.74, 6) is 1.29. The molecule has 5 rings (SSSR count). The van der Waals surface area contributed by atoms with Crippen LogP contribution in [0, 0.1) is 18.3 Å². The second kappa shape index (κ2) is 15.4. The van der Waals surface area contributed by atoms with Gasteiger partial charge in [-0.25, -0.2) is 0 Å². The van der Waals surface area contributed by atoms with Crippen molar-refractivity contribution >= 4 is 29.5 Å². The number of nitriles is 1. The van der Waals surface area contributed by atoms with E-state index in [0.717, 1.165) is 48.2 Å². The predicted molar refractivity (Wildman–Crippen MR) is 178 cm³/mol. The summed E-state index contributed by atoms with van der Waals surface area (Å²) >= 11 is 13.4. The van der Waals surface area contributed by atoms with Crippen molar-refractivity contribution in [2.24, 2.45) is 0 Å². The molecule has 3 aromatic carbocycles. The molecule has 0 bridgehead atoms. The van der Waals surface area contributed by atoms with E-state index in [4.69, 9.17) is 42.7 Å². The fourth-order valence-electron chi connectivity index (χ4n) is 5.42. The Labute approximate surface area is 279 Å². The maximum atomic E-state index is 11.7. The summed E-state index contributed by atoms with van der Waals surface area (Å²) in [6.45, 7) is 6.85. The molecule has 2 atom stereocenters. The van der Waals surface area contributed by atoms with Gasteiger partial charge in [0, 0.05) is 49.2 Å². The summed E-state index contributed by atoms with van der Waals surface area (Å²) in [7, 11) is 0. The van der Waals surface area contributed by atoms with Gasteiger partial charge in [-0.2, -0.15) is 5.26 Å². The molecule has 1 aliphatic heterocycles. The topological polar surface area (TPSA) is 105 Å². The molecule has 4 aromatic rings. The first kappa shape index (κ1) is 33.2. The normalized spacial score (nSPS) is 15.3. The first-order valence-corrected chi connectivity index (χ1v) is 15.8. The van der Waals surface area contributed by atoms with Crippen LogP contribution in [0.1, 0.15) is 52.4 Å². The Morgan fingerprint density at radius 1 is 1.07 bits per heavy atom. The zero-order chi connectivity index (χ0) is 32.6. The molecule has 1 aromatic heterocycles. The molecule has 10 heteroatoms. The van der Waals surface area contributed by atoms with Gasteiger partial charge in [-0.3, -0.25) is 9.78 Å². The lowest BCUT2D eigenvalue weighted by Gasteiger charge is -2.21. The summed E-state index contributed by atoms with van der Waals surface area (Å²) < 4.78 is 18.3. The average molecular weight is 661 g/mol. The molecule has 238 valence electrons. The fraction of sp³-hybridized carbons (Fsp3) is 0.306. The number of carbonyl (C=O) groups excluding carboxylic acids is 1. The standard InChI is InChI=1S/C36H35Cl2N3O5/c1-23(9-11-41-12-10-29(43)19-41)46-33-8-4-7-31(36(33)38)30-6-3-5-27(24(30)2)22-45-35-15-34(28(20-42)14-32(35)37)44-21-26-13-25(16-39)17-40-18-26/h3-8,13-15,17-18,20,23,29,43H,9-12,19,21-22H2,1-2H3/t23-,29+/m0/s1. The number of rotatable bonds is 13. The van der Waals surface area contributed by atoms with E-state index in [1.165, 1.54) is 12.3 Å². The van der Waals surface area contributed by atoms with Gasteiger partial charge in [0.05, 0.1) is 33.4 Å². The minimum Gasteiger partial charge on any atom is -0.489 e. The molecular weight excluding hydrogens is 625 g/mol. The summed E-state index contributed by atoms with van der Waals surface area (Å²) in [6, 6.07) is 18.6. The Balaban J connectivity index is 1.28. The summed E-state index contributed by atoms with van der Waals surface area (Å²) in [6.07, 6.45) is 5.10. The van der Waals surface area contributed by atoms with Gasteiger partial charge in [-0.05, 0) is 61.6 Å². The van der Waals surface area contributed by atoms with E-state index >= 15 is 0 Å². The third kappa shape index (κ3) is 8.17.